The summed E-state index contributed by atoms with van der Waals surface area (Å²) in [7, 11) is 0. The maximum atomic E-state index is 9.11. The van der Waals surface area contributed by atoms with Crippen LogP contribution >= 0.6 is 0 Å². The van der Waals surface area contributed by atoms with Gasteiger partial charge in [0.2, 0.25) is 0 Å². The second-order valence-electron chi connectivity index (χ2n) is 4.95. The van der Waals surface area contributed by atoms with Gasteiger partial charge in [-0.05, 0) is 50.3 Å². The van der Waals surface area contributed by atoms with Gasteiger partial charge in [0.05, 0.1) is 25.4 Å². The van der Waals surface area contributed by atoms with Crippen LogP contribution in [0.4, 0.5) is 0 Å². The van der Waals surface area contributed by atoms with Crippen LogP contribution in [0.15, 0.2) is 18.2 Å². The van der Waals surface area contributed by atoms with Crippen LogP contribution in [0.3, 0.4) is 0 Å². The highest BCUT2D eigenvalue weighted by Crippen LogP contribution is 2.33. The molecule has 1 aliphatic carbocycles. The Morgan fingerprint density at radius 3 is 2.68 bits per heavy atom. The molecule has 4 heteroatoms. The molecule has 1 aliphatic rings. The van der Waals surface area contributed by atoms with Crippen molar-refractivity contribution in [3.8, 4) is 11.5 Å². The van der Waals surface area contributed by atoms with Crippen LogP contribution in [0.2, 0.25) is 0 Å². The van der Waals surface area contributed by atoms with E-state index in [2.05, 4.69) is 0 Å². The first-order chi connectivity index (χ1) is 9.24. The van der Waals surface area contributed by atoms with Crippen LogP contribution in [0.1, 0.15) is 44.2 Å². The van der Waals surface area contributed by atoms with E-state index in [1.807, 2.05) is 25.1 Å². The van der Waals surface area contributed by atoms with Gasteiger partial charge in [0.1, 0.15) is 0 Å². The summed E-state index contributed by atoms with van der Waals surface area (Å²) in [5.74, 6) is 1.50. The van der Waals surface area contributed by atoms with Gasteiger partial charge in [-0.2, -0.15) is 0 Å². The number of rotatable bonds is 6. The topological polar surface area (TPSA) is 64.7 Å². The zero-order valence-corrected chi connectivity index (χ0v) is 11.5. The highest BCUT2D eigenvalue weighted by Gasteiger charge is 2.19. The van der Waals surface area contributed by atoms with E-state index < -0.39 is 0 Å². The number of nitrogens with two attached hydrogens (primary N) is 1. The fourth-order valence-electron chi connectivity index (χ4n) is 2.41. The average Bonchev–Trinajstić information content (AvgIpc) is 2.93. The Morgan fingerprint density at radius 2 is 2.05 bits per heavy atom. The van der Waals surface area contributed by atoms with Crippen LogP contribution in [-0.2, 0) is 0 Å². The number of hydrogen-bond acceptors (Lipinski definition) is 4. The molecule has 0 aromatic heterocycles. The Morgan fingerprint density at radius 1 is 1.32 bits per heavy atom. The van der Waals surface area contributed by atoms with Crippen molar-refractivity contribution in [3.05, 3.63) is 23.8 Å². The fraction of sp³-hybridized carbons (Fsp3) is 0.600. The third kappa shape index (κ3) is 3.61. The van der Waals surface area contributed by atoms with E-state index in [-0.39, 0.29) is 12.6 Å². The zero-order chi connectivity index (χ0) is 13.7. The van der Waals surface area contributed by atoms with E-state index in [4.69, 9.17) is 20.3 Å². The maximum absolute atomic E-state index is 9.11. The van der Waals surface area contributed by atoms with Gasteiger partial charge in [0.15, 0.2) is 11.5 Å². The summed E-state index contributed by atoms with van der Waals surface area (Å²) in [6.07, 6.45) is 5.01. The molecule has 1 fully saturated rings. The molecular formula is C15H23NO3. The van der Waals surface area contributed by atoms with Gasteiger partial charge in [-0.1, -0.05) is 6.07 Å². The lowest BCUT2D eigenvalue weighted by Gasteiger charge is -2.18. The molecule has 0 spiro atoms. The molecule has 0 heterocycles. The summed E-state index contributed by atoms with van der Waals surface area (Å²) in [6, 6.07) is 5.29. The molecule has 0 unspecified atom stereocenters. The molecule has 2 rings (SSSR count). The Bertz CT molecular complexity index is 402. The van der Waals surface area contributed by atoms with E-state index in [0.717, 1.165) is 29.9 Å². The Labute approximate surface area is 114 Å². The average molecular weight is 265 g/mol. The summed E-state index contributed by atoms with van der Waals surface area (Å²) < 4.78 is 11.6. The quantitative estimate of drug-likeness (QED) is 0.829. The highest BCUT2D eigenvalue weighted by molar-refractivity contribution is 5.44. The predicted octanol–water partition coefficient (Wildman–Crippen LogP) is 2.40. The molecular weight excluding hydrogens is 242 g/mol. The number of aliphatic hydroxyl groups is 1. The first-order valence-electron chi connectivity index (χ1n) is 7.04. The number of hydrogen-bond donors (Lipinski definition) is 2. The monoisotopic (exact) mass is 265 g/mol. The van der Waals surface area contributed by atoms with Gasteiger partial charge < -0.3 is 20.3 Å². The summed E-state index contributed by atoms with van der Waals surface area (Å²) >= 11 is 0. The first kappa shape index (κ1) is 14.2. The van der Waals surface area contributed by atoms with Crippen molar-refractivity contribution in [1.29, 1.82) is 0 Å². The van der Waals surface area contributed by atoms with Gasteiger partial charge in [0, 0.05) is 0 Å². The molecule has 106 valence electrons. The maximum Gasteiger partial charge on any atom is 0.161 e. The molecule has 0 saturated heterocycles. The molecule has 0 radical (unpaired) electrons. The molecule has 1 saturated carbocycles. The largest absolute Gasteiger partial charge is 0.490 e. The minimum Gasteiger partial charge on any atom is -0.490 e. The number of ether oxygens (including phenoxy) is 2. The smallest absolute Gasteiger partial charge is 0.161 e. The fourth-order valence-corrected chi connectivity index (χ4v) is 2.41. The van der Waals surface area contributed by atoms with Gasteiger partial charge >= 0.3 is 0 Å². The predicted molar refractivity (Wildman–Crippen MR) is 74.5 cm³/mol. The number of aliphatic hydroxyl groups excluding tert-OH is 1. The lowest BCUT2D eigenvalue weighted by atomic mass is 10.1. The van der Waals surface area contributed by atoms with Crippen molar-refractivity contribution in [3.63, 3.8) is 0 Å². The van der Waals surface area contributed by atoms with Crippen molar-refractivity contribution in [2.45, 2.75) is 44.8 Å². The molecule has 19 heavy (non-hydrogen) atoms. The van der Waals surface area contributed by atoms with Gasteiger partial charge in [-0.25, -0.2) is 0 Å². The normalized spacial score (nSPS) is 17.4. The highest BCUT2D eigenvalue weighted by atomic mass is 16.5. The standard InChI is InChI=1S/C15H23NO3/c1-2-18-15-9-11(13(16)10-17)7-8-14(15)19-12-5-3-4-6-12/h7-9,12-13,17H,2-6,10,16H2,1H3/t13-/m0/s1. The second kappa shape index (κ2) is 6.78. The molecule has 0 aliphatic heterocycles. The van der Waals surface area contributed by atoms with E-state index >= 15 is 0 Å². The van der Waals surface area contributed by atoms with Gasteiger partial charge in [-0.3, -0.25) is 0 Å². The Kier molecular flexibility index (Phi) is 5.05. The van der Waals surface area contributed by atoms with Crippen LogP contribution in [0.5, 0.6) is 11.5 Å². The lowest BCUT2D eigenvalue weighted by Crippen LogP contribution is -2.15. The summed E-state index contributed by atoms with van der Waals surface area (Å²) in [5.41, 5.74) is 6.69. The third-order valence-electron chi connectivity index (χ3n) is 3.49. The van der Waals surface area contributed by atoms with Gasteiger partial charge in [-0.15, -0.1) is 0 Å². The van der Waals surface area contributed by atoms with Crippen LogP contribution in [-0.4, -0.2) is 24.4 Å². The van der Waals surface area contributed by atoms with Gasteiger partial charge in [0.25, 0.3) is 0 Å². The van der Waals surface area contributed by atoms with Crippen LogP contribution < -0.4 is 15.2 Å². The molecule has 1 atom stereocenters. The molecule has 0 bridgehead atoms. The SMILES string of the molecule is CCOc1cc([C@@H](N)CO)ccc1OC1CCCC1. The Hall–Kier alpha value is -1.26. The van der Waals surface area contributed by atoms with E-state index in [1.54, 1.807) is 0 Å². The molecule has 1 aromatic rings. The minimum atomic E-state index is -0.375. The summed E-state index contributed by atoms with van der Waals surface area (Å²) in [4.78, 5) is 0. The lowest BCUT2D eigenvalue weighted by molar-refractivity contribution is 0.196. The summed E-state index contributed by atoms with van der Waals surface area (Å²) in [5, 5.41) is 9.11. The van der Waals surface area contributed by atoms with Crippen LogP contribution in [0, 0.1) is 0 Å². The van der Waals surface area contributed by atoms with Crippen molar-refractivity contribution in [2.75, 3.05) is 13.2 Å². The van der Waals surface area contributed by atoms with Crippen molar-refractivity contribution in [2.24, 2.45) is 5.73 Å². The molecule has 1 aromatic carbocycles. The summed E-state index contributed by atoms with van der Waals surface area (Å²) in [6.45, 7) is 2.45. The zero-order valence-electron chi connectivity index (χ0n) is 11.5. The van der Waals surface area contributed by atoms with Crippen molar-refractivity contribution >= 4 is 0 Å². The second-order valence-corrected chi connectivity index (χ2v) is 4.95. The molecule has 4 nitrogen and oxygen atoms in total. The van der Waals surface area contributed by atoms with Crippen LogP contribution in [0.25, 0.3) is 0 Å². The van der Waals surface area contributed by atoms with Crippen molar-refractivity contribution < 1.29 is 14.6 Å². The first-order valence-corrected chi connectivity index (χ1v) is 7.04. The van der Waals surface area contributed by atoms with Crippen molar-refractivity contribution in [1.82, 2.24) is 0 Å². The Balaban J connectivity index is 2.16. The van der Waals surface area contributed by atoms with E-state index in [1.165, 1.54) is 12.8 Å². The molecule has 3 N–H and O–H groups in total. The van der Waals surface area contributed by atoms with E-state index in [9.17, 15) is 0 Å². The molecule has 0 amide bonds. The minimum absolute atomic E-state index is 0.0750. The number of benzene rings is 1. The third-order valence-corrected chi connectivity index (χ3v) is 3.49. The van der Waals surface area contributed by atoms with E-state index in [0.29, 0.717) is 12.7 Å².